The van der Waals surface area contributed by atoms with Crippen molar-refractivity contribution in [3.05, 3.63) is 17.5 Å². The van der Waals surface area contributed by atoms with Gasteiger partial charge in [-0.2, -0.15) is 5.10 Å². The highest BCUT2D eigenvalue weighted by molar-refractivity contribution is 5.92. The average Bonchev–Trinajstić information content (AvgIpc) is 2.71. The van der Waals surface area contributed by atoms with Gasteiger partial charge in [0.05, 0.1) is 13.2 Å². The third-order valence-electron chi connectivity index (χ3n) is 2.80. The molecule has 0 unspecified atom stereocenters. The fourth-order valence-corrected chi connectivity index (χ4v) is 1.86. The Morgan fingerprint density at radius 3 is 2.75 bits per heavy atom. The summed E-state index contributed by atoms with van der Waals surface area (Å²) in [5.41, 5.74) is 1.57. The minimum Gasteiger partial charge on any atom is -0.378 e. The Kier molecular flexibility index (Phi) is 3.24. The van der Waals surface area contributed by atoms with E-state index in [1.54, 1.807) is 4.90 Å². The van der Waals surface area contributed by atoms with Gasteiger partial charge in [0.2, 0.25) is 0 Å². The summed E-state index contributed by atoms with van der Waals surface area (Å²) < 4.78 is 7.06. The second-order valence-electron chi connectivity index (χ2n) is 3.89. The first-order valence-electron chi connectivity index (χ1n) is 5.64. The van der Waals surface area contributed by atoms with E-state index >= 15 is 0 Å². The third-order valence-corrected chi connectivity index (χ3v) is 2.80. The molecule has 1 aliphatic rings. The SMILES string of the molecule is CCn1nc(C(=O)N2CCOCC2)cc1C. The summed E-state index contributed by atoms with van der Waals surface area (Å²) in [5.74, 6) is 0.0126. The molecule has 16 heavy (non-hydrogen) atoms. The van der Waals surface area contributed by atoms with Crippen LogP contribution in [0.25, 0.3) is 0 Å². The summed E-state index contributed by atoms with van der Waals surface area (Å²) >= 11 is 0. The Bertz CT molecular complexity index is 381. The first-order valence-corrected chi connectivity index (χ1v) is 5.64. The molecule has 0 spiro atoms. The van der Waals surface area contributed by atoms with Crippen molar-refractivity contribution < 1.29 is 9.53 Å². The minimum atomic E-state index is 0.0126. The quantitative estimate of drug-likeness (QED) is 0.741. The summed E-state index contributed by atoms with van der Waals surface area (Å²) in [4.78, 5) is 13.9. The number of carbonyl (C=O) groups excluding carboxylic acids is 1. The summed E-state index contributed by atoms with van der Waals surface area (Å²) in [6, 6.07) is 1.85. The Hall–Kier alpha value is -1.36. The Morgan fingerprint density at radius 1 is 1.50 bits per heavy atom. The molecule has 1 saturated heterocycles. The molecule has 0 saturated carbocycles. The molecule has 2 rings (SSSR count). The normalized spacial score (nSPS) is 16.5. The molecular formula is C11H17N3O2. The summed E-state index contributed by atoms with van der Waals surface area (Å²) in [6.45, 7) is 7.35. The molecule has 1 amide bonds. The van der Waals surface area contributed by atoms with Gasteiger partial charge < -0.3 is 9.64 Å². The van der Waals surface area contributed by atoms with Crippen LogP contribution in [0.4, 0.5) is 0 Å². The van der Waals surface area contributed by atoms with Crippen molar-refractivity contribution >= 4 is 5.91 Å². The van der Waals surface area contributed by atoms with Crippen LogP contribution >= 0.6 is 0 Å². The van der Waals surface area contributed by atoms with E-state index in [0.29, 0.717) is 32.0 Å². The summed E-state index contributed by atoms with van der Waals surface area (Å²) in [6.07, 6.45) is 0. The van der Waals surface area contributed by atoms with Crippen molar-refractivity contribution in [2.24, 2.45) is 0 Å². The Labute approximate surface area is 95.0 Å². The van der Waals surface area contributed by atoms with E-state index in [1.807, 2.05) is 24.6 Å². The monoisotopic (exact) mass is 223 g/mol. The smallest absolute Gasteiger partial charge is 0.274 e. The number of hydrogen-bond acceptors (Lipinski definition) is 3. The Morgan fingerprint density at radius 2 is 2.19 bits per heavy atom. The second kappa shape index (κ2) is 4.65. The minimum absolute atomic E-state index is 0.0126. The van der Waals surface area contributed by atoms with Crippen LogP contribution in [-0.4, -0.2) is 46.9 Å². The van der Waals surface area contributed by atoms with Gasteiger partial charge in [0, 0.05) is 25.3 Å². The highest BCUT2D eigenvalue weighted by Crippen LogP contribution is 2.08. The van der Waals surface area contributed by atoms with Gasteiger partial charge in [0.1, 0.15) is 0 Å². The lowest BCUT2D eigenvalue weighted by Crippen LogP contribution is -2.40. The van der Waals surface area contributed by atoms with Crippen LogP contribution in [0.5, 0.6) is 0 Å². The van der Waals surface area contributed by atoms with Crippen LogP contribution in [0, 0.1) is 6.92 Å². The molecule has 5 nitrogen and oxygen atoms in total. The lowest BCUT2D eigenvalue weighted by atomic mass is 10.3. The number of hydrogen-bond donors (Lipinski definition) is 0. The van der Waals surface area contributed by atoms with Crippen LogP contribution < -0.4 is 0 Å². The number of aromatic nitrogens is 2. The van der Waals surface area contributed by atoms with Gasteiger partial charge in [-0.3, -0.25) is 9.48 Å². The van der Waals surface area contributed by atoms with E-state index in [9.17, 15) is 4.79 Å². The maximum absolute atomic E-state index is 12.1. The van der Waals surface area contributed by atoms with Crippen LogP contribution in [0.15, 0.2) is 6.07 Å². The fraction of sp³-hybridized carbons (Fsp3) is 0.636. The highest BCUT2D eigenvalue weighted by atomic mass is 16.5. The maximum Gasteiger partial charge on any atom is 0.274 e. The zero-order valence-electron chi connectivity index (χ0n) is 9.77. The third kappa shape index (κ3) is 2.09. The predicted molar refractivity (Wildman–Crippen MR) is 59.4 cm³/mol. The highest BCUT2D eigenvalue weighted by Gasteiger charge is 2.21. The molecule has 88 valence electrons. The summed E-state index contributed by atoms with van der Waals surface area (Å²) in [5, 5.41) is 4.29. The molecule has 0 aromatic carbocycles. The van der Waals surface area contributed by atoms with Gasteiger partial charge in [-0.15, -0.1) is 0 Å². The van der Waals surface area contributed by atoms with Crippen LogP contribution in [0.1, 0.15) is 23.1 Å². The molecule has 2 heterocycles. The van der Waals surface area contributed by atoms with Crippen LogP contribution in [-0.2, 0) is 11.3 Å². The van der Waals surface area contributed by atoms with Gasteiger partial charge in [-0.1, -0.05) is 0 Å². The standard InChI is InChI=1S/C11H17N3O2/c1-3-14-9(2)8-10(12-14)11(15)13-4-6-16-7-5-13/h8H,3-7H2,1-2H3. The lowest BCUT2D eigenvalue weighted by Gasteiger charge is -2.25. The maximum atomic E-state index is 12.1. The molecule has 0 N–H and O–H groups in total. The van der Waals surface area contributed by atoms with Gasteiger partial charge in [0.25, 0.3) is 5.91 Å². The molecular weight excluding hydrogens is 206 g/mol. The van der Waals surface area contributed by atoms with Crippen LogP contribution in [0.3, 0.4) is 0 Å². The number of aryl methyl sites for hydroxylation is 2. The molecule has 0 atom stereocenters. The average molecular weight is 223 g/mol. The van der Waals surface area contributed by atoms with E-state index in [0.717, 1.165) is 12.2 Å². The van der Waals surface area contributed by atoms with E-state index in [-0.39, 0.29) is 5.91 Å². The molecule has 0 aliphatic carbocycles. The topological polar surface area (TPSA) is 47.4 Å². The number of nitrogens with zero attached hydrogens (tertiary/aromatic N) is 3. The lowest BCUT2D eigenvalue weighted by molar-refractivity contribution is 0.0298. The molecule has 0 bridgehead atoms. The number of ether oxygens (including phenoxy) is 1. The van der Waals surface area contributed by atoms with Crippen molar-refractivity contribution in [2.75, 3.05) is 26.3 Å². The van der Waals surface area contributed by atoms with Gasteiger partial charge in [0.15, 0.2) is 5.69 Å². The number of rotatable bonds is 2. The van der Waals surface area contributed by atoms with Gasteiger partial charge in [-0.05, 0) is 19.9 Å². The van der Waals surface area contributed by atoms with E-state index in [2.05, 4.69) is 5.10 Å². The molecule has 1 aliphatic heterocycles. The molecule has 1 aromatic rings. The number of amides is 1. The van der Waals surface area contributed by atoms with Crippen molar-refractivity contribution in [3.63, 3.8) is 0 Å². The van der Waals surface area contributed by atoms with Crippen molar-refractivity contribution in [2.45, 2.75) is 20.4 Å². The van der Waals surface area contributed by atoms with Gasteiger partial charge in [-0.25, -0.2) is 0 Å². The first-order chi connectivity index (χ1) is 7.72. The molecule has 1 aromatic heterocycles. The molecule has 1 fully saturated rings. The van der Waals surface area contributed by atoms with Crippen molar-refractivity contribution in [3.8, 4) is 0 Å². The van der Waals surface area contributed by atoms with Crippen molar-refractivity contribution in [1.29, 1.82) is 0 Å². The Balaban J connectivity index is 2.13. The summed E-state index contributed by atoms with van der Waals surface area (Å²) in [7, 11) is 0. The largest absolute Gasteiger partial charge is 0.378 e. The van der Waals surface area contributed by atoms with Gasteiger partial charge >= 0.3 is 0 Å². The molecule has 0 radical (unpaired) electrons. The second-order valence-corrected chi connectivity index (χ2v) is 3.89. The van der Waals surface area contributed by atoms with E-state index < -0.39 is 0 Å². The number of morpholine rings is 1. The number of carbonyl (C=O) groups is 1. The molecule has 5 heteroatoms. The fourth-order valence-electron chi connectivity index (χ4n) is 1.86. The van der Waals surface area contributed by atoms with E-state index in [1.165, 1.54) is 0 Å². The van der Waals surface area contributed by atoms with Crippen LogP contribution in [0.2, 0.25) is 0 Å². The zero-order chi connectivity index (χ0) is 11.5. The van der Waals surface area contributed by atoms with Crippen molar-refractivity contribution in [1.82, 2.24) is 14.7 Å². The predicted octanol–water partition coefficient (Wildman–Crippen LogP) is 0.684. The van der Waals surface area contributed by atoms with E-state index in [4.69, 9.17) is 4.74 Å². The first kappa shape index (κ1) is 11.1. The zero-order valence-corrected chi connectivity index (χ0v) is 9.77.